The number of nitrogens with zero attached hydrogens (tertiary/aromatic N) is 1. The van der Waals surface area contributed by atoms with E-state index in [1.807, 2.05) is 37.3 Å². The molecule has 3 rings (SSSR count). The molecule has 2 aromatic carbocycles. The molecule has 0 bridgehead atoms. The van der Waals surface area contributed by atoms with E-state index in [0.717, 1.165) is 5.56 Å². The Bertz CT molecular complexity index is 923. The number of amides is 1. The van der Waals surface area contributed by atoms with Gasteiger partial charge in [0.1, 0.15) is 0 Å². The molecule has 0 aromatic heterocycles. The van der Waals surface area contributed by atoms with Gasteiger partial charge in [0, 0.05) is 25.2 Å². The fourth-order valence-corrected chi connectivity index (χ4v) is 4.93. The zero-order valence-electron chi connectivity index (χ0n) is 16.2. The van der Waals surface area contributed by atoms with Crippen LogP contribution < -0.4 is 5.32 Å². The highest BCUT2D eigenvalue weighted by atomic mass is 32.2. The second-order valence-corrected chi connectivity index (χ2v) is 8.97. The van der Waals surface area contributed by atoms with Crippen LogP contribution in [0.5, 0.6) is 0 Å². The number of sulfonamides is 1. The first kappa shape index (κ1) is 20.5. The first-order valence-electron chi connectivity index (χ1n) is 9.41. The van der Waals surface area contributed by atoms with Gasteiger partial charge in [-0.1, -0.05) is 43.3 Å². The molecule has 0 unspecified atom stereocenters. The van der Waals surface area contributed by atoms with E-state index < -0.39 is 10.0 Å². The molecule has 2 aromatic rings. The quantitative estimate of drug-likeness (QED) is 0.805. The smallest absolute Gasteiger partial charge is 0.243 e. The number of benzene rings is 2. The highest BCUT2D eigenvalue weighted by Gasteiger charge is 2.28. The Kier molecular flexibility index (Phi) is 6.49. The summed E-state index contributed by atoms with van der Waals surface area (Å²) in [5.41, 5.74) is 2.24. The van der Waals surface area contributed by atoms with Crippen molar-refractivity contribution in [2.75, 3.05) is 31.6 Å². The average molecular weight is 403 g/mol. The van der Waals surface area contributed by atoms with Crippen LogP contribution in [0.2, 0.25) is 0 Å². The predicted molar refractivity (Wildman–Crippen MR) is 109 cm³/mol. The number of carbonyl (C=O) groups is 1. The molecule has 0 radical (unpaired) electrons. The lowest BCUT2D eigenvalue weighted by atomic mass is 9.97. The number of carbonyl (C=O) groups excluding carboxylic acids is 1. The van der Waals surface area contributed by atoms with E-state index in [1.165, 1.54) is 4.31 Å². The number of aryl methyl sites for hydroxylation is 1. The Hall–Kier alpha value is -2.22. The number of rotatable bonds is 6. The minimum atomic E-state index is -3.62. The SMILES string of the molecule is Cc1ccc(NC(=O)C[C@H](C)c2ccccc2)cc1S(=O)(=O)N1CCOCC1. The van der Waals surface area contributed by atoms with Crippen LogP contribution in [0.4, 0.5) is 5.69 Å². The maximum Gasteiger partial charge on any atom is 0.243 e. The molecule has 7 heteroatoms. The molecule has 1 atom stereocenters. The predicted octanol–water partition coefficient (Wildman–Crippen LogP) is 3.15. The summed E-state index contributed by atoms with van der Waals surface area (Å²) in [6.45, 7) is 5.23. The minimum absolute atomic E-state index is 0.0724. The van der Waals surface area contributed by atoms with E-state index in [1.54, 1.807) is 25.1 Å². The number of anilines is 1. The van der Waals surface area contributed by atoms with Crippen LogP contribution in [0.1, 0.15) is 30.4 Å². The van der Waals surface area contributed by atoms with Gasteiger partial charge in [-0.2, -0.15) is 4.31 Å². The van der Waals surface area contributed by atoms with Crippen LogP contribution >= 0.6 is 0 Å². The van der Waals surface area contributed by atoms with Crippen LogP contribution in [-0.4, -0.2) is 44.9 Å². The topological polar surface area (TPSA) is 75.7 Å². The molecule has 1 fully saturated rings. The summed E-state index contributed by atoms with van der Waals surface area (Å²) in [4.78, 5) is 12.7. The normalized spacial score (nSPS) is 16.5. The third-order valence-corrected chi connectivity index (χ3v) is 6.96. The summed E-state index contributed by atoms with van der Waals surface area (Å²) in [5.74, 6) is -0.0712. The lowest BCUT2D eigenvalue weighted by molar-refractivity contribution is -0.116. The highest BCUT2D eigenvalue weighted by molar-refractivity contribution is 7.89. The van der Waals surface area contributed by atoms with Gasteiger partial charge in [-0.3, -0.25) is 4.79 Å². The number of nitrogens with one attached hydrogen (secondary N) is 1. The summed E-state index contributed by atoms with van der Waals surface area (Å²) in [6.07, 6.45) is 0.323. The minimum Gasteiger partial charge on any atom is -0.379 e. The van der Waals surface area contributed by atoms with Crippen LogP contribution in [0.3, 0.4) is 0 Å². The second-order valence-electron chi connectivity index (χ2n) is 7.06. The van der Waals surface area contributed by atoms with E-state index in [-0.39, 0.29) is 16.7 Å². The molecule has 28 heavy (non-hydrogen) atoms. The summed E-state index contributed by atoms with van der Waals surface area (Å²) >= 11 is 0. The van der Waals surface area contributed by atoms with Crippen LogP contribution in [0.15, 0.2) is 53.4 Å². The van der Waals surface area contributed by atoms with Crippen LogP contribution in [-0.2, 0) is 19.6 Å². The lowest BCUT2D eigenvalue weighted by Gasteiger charge is -2.27. The van der Waals surface area contributed by atoms with E-state index in [2.05, 4.69) is 5.32 Å². The molecular formula is C21H26N2O4S. The number of hydrogen-bond donors (Lipinski definition) is 1. The van der Waals surface area contributed by atoms with Crippen molar-refractivity contribution in [3.05, 3.63) is 59.7 Å². The van der Waals surface area contributed by atoms with Crippen molar-refractivity contribution in [1.29, 1.82) is 0 Å². The Morgan fingerprint density at radius 2 is 1.82 bits per heavy atom. The van der Waals surface area contributed by atoms with E-state index in [9.17, 15) is 13.2 Å². The average Bonchev–Trinajstić information content (AvgIpc) is 2.70. The first-order valence-corrected chi connectivity index (χ1v) is 10.9. The fraction of sp³-hybridized carbons (Fsp3) is 0.381. The maximum absolute atomic E-state index is 13.0. The van der Waals surface area contributed by atoms with Gasteiger partial charge < -0.3 is 10.1 Å². The number of hydrogen-bond acceptors (Lipinski definition) is 4. The van der Waals surface area contributed by atoms with Crippen LogP contribution in [0.25, 0.3) is 0 Å². The molecule has 150 valence electrons. The monoisotopic (exact) mass is 402 g/mol. The Morgan fingerprint density at radius 1 is 1.14 bits per heavy atom. The highest BCUT2D eigenvalue weighted by Crippen LogP contribution is 2.25. The summed E-state index contributed by atoms with van der Waals surface area (Å²) < 4.78 is 32.6. The zero-order valence-corrected chi connectivity index (χ0v) is 17.0. The third-order valence-electron chi connectivity index (χ3n) is 4.92. The van der Waals surface area contributed by atoms with Crippen molar-refractivity contribution in [2.24, 2.45) is 0 Å². The van der Waals surface area contributed by atoms with Crippen molar-refractivity contribution in [2.45, 2.75) is 31.1 Å². The molecule has 0 aliphatic carbocycles. The van der Waals surface area contributed by atoms with Crippen LogP contribution in [0, 0.1) is 6.92 Å². The van der Waals surface area contributed by atoms with Crippen molar-refractivity contribution < 1.29 is 17.9 Å². The molecule has 0 saturated carbocycles. The van der Waals surface area contributed by atoms with Gasteiger partial charge in [0.2, 0.25) is 15.9 Å². The molecular weight excluding hydrogens is 376 g/mol. The molecule has 1 N–H and O–H groups in total. The molecule has 0 spiro atoms. The van der Waals surface area contributed by atoms with E-state index in [0.29, 0.717) is 44.0 Å². The zero-order chi connectivity index (χ0) is 20.1. The standard InChI is InChI=1S/C21H26N2O4S/c1-16-8-9-19(15-20(16)28(25,26)23-10-12-27-13-11-23)22-21(24)14-17(2)18-6-4-3-5-7-18/h3-9,15,17H,10-14H2,1-2H3,(H,22,24)/t17-/m0/s1. The molecule has 1 aliphatic heterocycles. The second kappa shape index (κ2) is 8.86. The lowest BCUT2D eigenvalue weighted by Crippen LogP contribution is -2.40. The molecule has 1 heterocycles. The fourth-order valence-electron chi connectivity index (χ4n) is 3.27. The van der Waals surface area contributed by atoms with Crippen molar-refractivity contribution >= 4 is 21.6 Å². The Morgan fingerprint density at radius 3 is 2.50 bits per heavy atom. The van der Waals surface area contributed by atoms with Gasteiger partial charge in [0.25, 0.3) is 0 Å². The molecule has 6 nitrogen and oxygen atoms in total. The van der Waals surface area contributed by atoms with Gasteiger partial charge in [0.05, 0.1) is 18.1 Å². The van der Waals surface area contributed by atoms with Gasteiger partial charge in [-0.15, -0.1) is 0 Å². The van der Waals surface area contributed by atoms with E-state index >= 15 is 0 Å². The first-order chi connectivity index (χ1) is 13.4. The number of ether oxygens (including phenoxy) is 1. The van der Waals surface area contributed by atoms with Gasteiger partial charge in [0.15, 0.2) is 0 Å². The van der Waals surface area contributed by atoms with Gasteiger partial charge in [-0.05, 0) is 36.1 Å². The van der Waals surface area contributed by atoms with Crippen molar-refractivity contribution in [3.63, 3.8) is 0 Å². The van der Waals surface area contributed by atoms with Gasteiger partial charge in [-0.25, -0.2) is 8.42 Å². The molecule has 1 amide bonds. The van der Waals surface area contributed by atoms with Gasteiger partial charge >= 0.3 is 0 Å². The molecule has 1 saturated heterocycles. The Labute approximate surface area is 166 Å². The summed E-state index contributed by atoms with van der Waals surface area (Å²) in [6, 6.07) is 14.8. The number of morpholine rings is 1. The maximum atomic E-state index is 13.0. The third kappa shape index (κ3) is 4.79. The summed E-state index contributed by atoms with van der Waals surface area (Å²) in [5, 5.41) is 2.84. The van der Waals surface area contributed by atoms with Crippen molar-refractivity contribution in [1.82, 2.24) is 4.31 Å². The summed E-state index contributed by atoms with van der Waals surface area (Å²) in [7, 11) is -3.62. The molecule has 1 aliphatic rings. The van der Waals surface area contributed by atoms with Crippen molar-refractivity contribution in [3.8, 4) is 0 Å². The largest absolute Gasteiger partial charge is 0.379 e. The van der Waals surface area contributed by atoms with E-state index in [4.69, 9.17) is 4.74 Å². The Balaban J connectivity index is 1.73.